The molecule has 0 fully saturated rings. The Morgan fingerprint density at radius 1 is 0.306 bits per heavy atom. The molecule has 2 heterocycles. The first-order chi connectivity index (χ1) is 24.3. The van der Waals surface area contributed by atoms with Crippen molar-refractivity contribution in [2.24, 2.45) is 0 Å². The maximum absolute atomic E-state index is 5.17. The molecule has 0 spiro atoms. The van der Waals surface area contributed by atoms with Gasteiger partial charge in [0.15, 0.2) is 0 Å². The molecule has 0 bridgehead atoms. The van der Waals surface area contributed by atoms with Gasteiger partial charge in [-0.15, -0.1) is 11.3 Å². The van der Waals surface area contributed by atoms with Gasteiger partial charge in [0.1, 0.15) is 0 Å². The van der Waals surface area contributed by atoms with Crippen LogP contribution in [0.1, 0.15) is 0 Å². The summed E-state index contributed by atoms with van der Waals surface area (Å²) in [7, 11) is 0. The first-order valence-corrected chi connectivity index (χ1v) is 17.5. The van der Waals surface area contributed by atoms with Gasteiger partial charge in [-0.3, -0.25) is 0 Å². The van der Waals surface area contributed by atoms with E-state index in [0.717, 1.165) is 28.1 Å². The third-order valence-corrected chi connectivity index (χ3v) is 11.0. The summed E-state index contributed by atoms with van der Waals surface area (Å²) in [5.41, 5.74) is 9.01. The van der Waals surface area contributed by atoms with Gasteiger partial charge in [-0.25, -0.2) is 4.98 Å². The second-order valence-electron chi connectivity index (χ2n) is 12.7. The van der Waals surface area contributed by atoms with Crippen LogP contribution in [0.3, 0.4) is 0 Å². The molecular formula is C47H29NS. The van der Waals surface area contributed by atoms with E-state index in [1.54, 1.807) is 0 Å². The number of hydrogen-bond donors (Lipinski definition) is 0. The molecule has 0 aliphatic carbocycles. The predicted octanol–water partition coefficient (Wildman–Crippen LogP) is 13.6. The van der Waals surface area contributed by atoms with Crippen molar-refractivity contribution in [3.63, 3.8) is 0 Å². The van der Waals surface area contributed by atoms with Crippen molar-refractivity contribution in [3.05, 3.63) is 176 Å². The van der Waals surface area contributed by atoms with E-state index in [1.165, 1.54) is 69.2 Å². The summed E-state index contributed by atoms with van der Waals surface area (Å²) >= 11 is 1.87. The van der Waals surface area contributed by atoms with Gasteiger partial charge in [-0.1, -0.05) is 146 Å². The fourth-order valence-corrected chi connectivity index (χ4v) is 8.68. The lowest BCUT2D eigenvalue weighted by molar-refractivity contribution is 1.32. The molecule has 0 unspecified atom stereocenters. The minimum Gasteiger partial charge on any atom is -0.248 e. The van der Waals surface area contributed by atoms with E-state index in [-0.39, 0.29) is 0 Å². The molecule has 49 heavy (non-hydrogen) atoms. The predicted molar refractivity (Wildman–Crippen MR) is 211 cm³/mol. The topological polar surface area (TPSA) is 12.9 Å². The number of pyridine rings is 1. The molecule has 0 amide bonds. The SMILES string of the molecule is c1ccc(-c2cc(-c3cccc4c5ccccc5c5cc(-c6ccc7c(c6)sc6ccccc67)ccc5c34)cc(-c3ccccc3)n2)cc1. The van der Waals surface area contributed by atoms with Gasteiger partial charge in [-0.05, 0) is 84.9 Å². The smallest absolute Gasteiger partial charge is 0.0715 e. The Labute approximate surface area is 288 Å². The number of fused-ring (bicyclic) bond motifs is 9. The van der Waals surface area contributed by atoms with Crippen molar-refractivity contribution in [3.8, 4) is 44.8 Å². The summed E-state index contributed by atoms with van der Waals surface area (Å²) in [4.78, 5) is 5.17. The average Bonchev–Trinajstić information content (AvgIpc) is 3.56. The highest BCUT2D eigenvalue weighted by molar-refractivity contribution is 7.25. The van der Waals surface area contributed by atoms with Gasteiger partial charge >= 0.3 is 0 Å². The van der Waals surface area contributed by atoms with Gasteiger partial charge in [0.05, 0.1) is 11.4 Å². The number of thiophene rings is 1. The fourth-order valence-electron chi connectivity index (χ4n) is 7.53. The van der Waals surface area contributed by atoms with Crippen molar-refractivity contribution in [2.75, 3.05) is 0 Å². The van der Waals surface area contributed by atoms with E-state index in [2.05, 4.69) is 176 Å². The highest BCUT2D eigenvalue weighted by Gasteiger charge is 2.16. The molecule has 8 aromatic carbocycles. The van der Waals surface area contributed by atoms with E-state index in [0.29, 0.717) is 0 Å². The molecule has 2 aromatic heterocycles. The molecule has 0 radical (unpaired) electrons. The van der Waals surface area contributed by atoms with Crippen LogP contribution in [0.15, 0.2) is 176 Å². The van der Waals surface area contributed by atoms with Crippen molar-refractivity contribution >= 4 is 63.8 Å². The lowest BCUT2D eigenvalue weighted by Crippen LogP contribution is -1.93. The van der Waals surface area contributed by atoms with Crippen molar-refractivity contribution < 1.29 is 0 Å². The third kappa shape index (κ3) is 4.64. The molecular weight excluding hydrogens is 611 g/mol. The Balaban J connectivity index is 1.23. The zero-order chi connectivity index (χ0) is 32.3. The molecule has 0 atom stereocenters. The Morgan fingerprint density at radius 3 is 1.55 bits per heavy atom. The minimum absolute atomic E-state index is 0.970. The number of nitrogens with zero attached hydrogens (tertiary/aromatic N) is 1. The van der Waals surface area contributed by atoms with E-state index in [1.807, 2.05) is 11.3 Å². The van der Waals surface area contributed by atoms with Crippen LogP contribution in [-0.2, 0) is 0 Å². The summed E-state index contributed by atoms with van der Waals surface area (Å²) in [5.74, 6) is 0. The minimum atomic E-state index is 0.970. The summed E-state index contributed by atoms with van der Waals surface area (Å²) in [6, 6.07) is 63.9. The Kier molecular flexibility index (Phi) is 6.43. The van der Waals surface area contributed by atoms with Gasteiger partial charge in [0.25, 0.3) is 0 Å². The second kappa shape index (κ2) is 11.3. The summed E-state index contributed by atoms with van der Waals surface area (Å²) in [5, 5.41) is 10.3. The molecule has 0 saturated heterocycles. The van der Waals surface area contributed by atoms with Crippen LogP contribution in [-0.4, -0.2) is 4.98 Å². The highest BCUT2D eigenvalue weighted by Crippen LogP contribution is 2.43. The van der Waals surface area contributed by atoms with Crippen LogP contribution in [0, 0.1) is 0 Å². The van der Waals surface area contributed by atoms with E-state index >= 15 is 0 Å². The lowest BCUT2D eigenvalue weighted by Gasteiger charge is -2.17. The Morgan fingerprint density at radius 2 is 0.837 bits per heavy atom. The van der Waals surface area contributed by atoms with Crippen LogP contribution < -0.4 is 0 Å². The van der Waals surface area contributed by atoms with E-state index in [4.69, 9.17) is 4.98 Å². The molecule has 0 saturated carbocycles. The zero-order valence-electron chi connectivity index (χ0n) is 26.6. The van der Waals surface area contributed by atoms with Crippen molar-refractivity contribution in [1.82, 2.24) is 4.98 Å². The van der Waals surface area contributed by atoms with Gasteiger partial charge in [0, 0.05) is 31.3 Å². The highest BCUT2D eigenvalue weighted by atomic mass is 32.1. The van der Waals surface area contributed by atoms with Crippen LogP contribution in [0.5, 0.6) is 0 Å². The fraction of sp³-hybridized carbons (Fsp3) is 0. The third-order valence-electron chi connectivity index (χ3n) is 9.85. The molecule has 0 N–H and O–H groups in total. The van der Waals surface area contributed by atoms with Crippen LogP contribution in [0.2, 0.25) is 0 Å². The maximum atomic E-state index is 5.17. The van der Waals surface area contributed by atoms with Gasteiger partial charge in [-0.2, -0.15) is 0 Å². The maximum Gasteiger partial charge on any atom is 0.0715 e. The lowest BCUT2D eigenvalue weighted by atomic mass is 9.87. The second-order valence-corrected chi connectivity index (χ2v) is 13.8. The quantitative estimate of drug-likeness (QED) is 0.175. The Bertz CT molecular complexity index is 2810. The van der Waals surface area contributed by atoms with Crippen molar-refractivity contribution in [1.29, 1.82) is 0 Å². The summed E-state index contributed by atoms with van der Waals surface area (Å²) in [6.07, 6.45) is 0. The molecule has 2 heteroatoms. The van der Waals surface area contributed by atoms with E-state index in [9.17, 15) is 0 Å². The number of aromatic nitrogens is 1. The number of hydrogen-bond acceptors (Lipinski definition) is 2. The number of benzene rings is 8. The van der Waals surface area contributed by atoms with Gasteiger partial charge in [0.2, 0.25) is 0 Å². The van der Waals surface area contributed by atoms with Crippen LogP contribution >= 0.6 is 11.3 Å². The molecule has 228 valence electrons. The standard InChI is InChI=1S/C47H29NS/c1-3-12-30(13-4-1)43-27-34(28-44(48-43)31-14-5-2-6-15-31)35-19-11-20-40-36-16-7-8-17-37(36)42-26-32(23-25-41(42)47(35)40)33-22-24-39-38-18-9-10-21-45(38)49-46(39)29-33/h1-29H. The first kappa shape index (κ1) is 28.0. The monoisotopic (exact) mass is 639 g/mol. The summed E-state index contributed by atoms with van der Waals surface area (Å²) < 4.78 is 2.66. The van der Waals surface area contributed by atoms with Crippen LogP contribution in [0.25, 0.3) is 97.3 Å². The van der Waals surface area contributed by atoms with Gasteiger partial charge < -0.3 is 0 Å². The van der Waals surface area contributed by atoms with E-state index < -0.39 is 0 Å². The summed E-state index contributed by atoms with van der Waals surface area (Å²) in [6.45, 7) is 0. The zero-order valence-corrected chi connectivity index (χ0v) is 27.4. The average molecular weight is 640 g/mol. The molecule has 1 nitrogen and oxygen atoms in total. The largest absolute Gasteiger partial charge is 0.248 e. The molecule has 10 aromatic rings. The first-order valence-electron chi connectivity index (χ1n) is 16.7. The molecule has 10 rings (SSSR count). The molecule has 0 aliphatic heterocycles. The number of rotatable bonds is 4. The Hall–Kier alpha value is -6.09. The normalized spacial score (nSPS) is 11.7. The van der Waals surface area contributed by atoms with Crippen LogP contribution in [0.4, 0.5) is 0 Å². The molecule has 0 aliphatic rings. The van der Waals surface area contributed by atoms with Crippen molar-refractivity contribution in [2.45, 2.75) is 0 Å².